The minimum Gasteiger partial charge on any atom is -0.341 e. The third-order valence-electron chi connectivity index (χ3n) is 5.10. The van der Waals surface area contributed by atoms with Crippen LogP contribution in [-0.2, 0) is 19.0 Å². The number of aromatic nitrogens is 2. The van der Waals surface area contributed by atoms with E-state index in [1.165, 1.54) is 10.8 Å². The van der Waals surface area contributed by atoms with Crippen LogP contribution in [0.4, 0.5) is 0 Å². The highest BCUT2D eigenvalue weighted by Crippen LogP contribution is 2.47. The van der Waals surface area contributed by atoms with Crippen molar-refractivity contribution in [2.75, 3.05) is 0 Å². The molecule has 1 aromatic heterocycles. The predicted molar refractivity (Wildman–Crippen MR) is 81.6 cm³/mol. The Kier molecular flexibility index (Phi) is 3.70. The maximum Gasteiger partial charge on any atom is 0.330 e. The highest BCUT2D eigenvalue weighted by molar-refractivity contribution is 5.58. The molecule has 1 spiro atoms. The summed E-state index contributed by atoms with van der Waals surface area (Å²) in [5.41, 5.74) is -0.644. The van der Waals surface area contributed by atoms with E-state index in [4.69, 9.17) is 14.2 Å². The topological polar surface area (TPSA) is 99.6 Å². The number of carbonyl (C=O) groups is 1. The fraction of sp³-hybridized carbons (Fsp3) is 0.688. The Labute approximate surface area is 137 Å². The summed E-state index contributed by atoms with van der Waals surface area (Å²) in [5.74, 6) is -0.683. The molecule has 0 amide bonds. The Balaban J connectivity index is 1.70. The van der Waals surface area contributed by atoms with Gasteiger partial charge >= 0.3 is 5.69 Å². The van der Waals surface area contributed by atoms with E-state index in [0.717, 1.165) is 32.1 Å². The molecule has 1 aliphatic carbocycles. The summed E-state index contributed by atoms with van der Waals surface area (Å²) in [4.78, 5) is 37.4. The van der Waals surface area contributed by atoms with Crippen LogP contribution in [0.3, 0.4) is 0 Å². The van der Waals surface area contributed by atoms with Crippen molar-refractivity contribution in [1.29, 1.82) is 0 Å². The number of aryl methyl sites for hydroxylation is 1. The van der Waals surface area contributed by atoms with Crippen LogP contribution in [-0.4, -0.2) is 39.9 Å². The number of H-pyrrole nitrogens is 1. The Hall–Kier alpha value is -1.77. The standard InChI is InChI=1S/C16H20N2O6/c1-9-7-18(15(21)17-13(9)20)14-12-11(10(8-19)22-14)23-16(24-12)5-3-2-4-6-16/h7-8,10-12,14H,2-6H2,1H3,(H,17,20,21)/t10-,11?,12?,14-/m1/s1. The van der Waals surface area contributed by atoms with Gasteiger partial charge in [0.2, 0.25) is 0 Å². The maximum atomic E-state index is 12.2. The minimum atomic E-state index is -0.797. The zero-order valence-corrected chi connectivity index (χ0v) is 13.4. The van der Waals surface area contributed by atoms with E-state index in [0.29, 0.717) is 11.8 Å². The van der Waals surface area contributed by atoms with Gasteiger partial charge in [-0.05, 0) is 19.8 Å². The third-order valence-corrected chi connectivity index (χ3v) is 5.10. The number of nitrogens with zero attached hydrogens (tertiary/aromatic N) is 1. The Morgan fingerprint density at radius 1 is 1.21 bits per heavy atom. The number of fused-ring (bicyclic) bond motifs is 1. The monoisotopic (exact) mass is 336 g/mol. The predicted octanol–water partition coefficient (Wildman–Crippen LogP) is 0.386. The summed E-state index contributed by atoms with van der Waals surface area (Å²) in [5, 5.41) is 0. The van der Waals surface area contributed by atoms with Gasteiger partial charge in [0.1, 0.15) is 18.3 Å². The van der Waals surface area contributed by atoms with Crippen LogP contribution < -0.4 is 11.2 Å². The van der Waals surface area contributed by atoms with E-state index in [1.807, 2.05) is 0 Å². The first-order chi connectivity index (χ1) is 11.5. The van der Waals surface area contributed by atoms with Gasteiger partial charge in [-0.15, -0.1) is 0 Å². The fourth-order valence-electron chi connectivity index (χ4n) is 3.88. The molecule has 8 heteroatoms. The molecule has 1 N–H and O–H groups in total. The summed E-state index contributed by atoms with van der Waals surface area (Å²) >= 11 is 0. The molecule has 0 bridgehead atoms. The van der Waals surface area contributed by atoms with Gasteiger partial charge in [0.05, 0.1) is 0 Å². The summed E-state index contributed by atoms with van der Waals surface area (Å²) in [6, 6.07) is 0. The number of rotatable bonds is 2. The molecule has 3 heterocycles. The van der Waals surface area contributed by atoms with Crippen LogP contribution in [0.15, 0.2) is 15.8 Å². The van der Waals surface area contributed by atoms with Gasteiger partial charge in [0.15, 0.2) is 18.3 Å². The molecule has 4 rings (SSSR count). The zero-order chi connectivity index (χ0) is 16.9. The van der Waals surface area contributed by atoms with Crippen LogP contribution in [0.5, 0.6) is 0 Å². The number of hydrogen-bond acceptors (Lipinski definition) is 6. The van der Waals surface area contributed by atoms with Crippen molar-refractivity contribution < 1.29 is 19.0 Å². The van der Waals surface area contributed by atoms with Crippen molar-refractivity contribution in [1.82, 2.24) is 9.55 Å². The summed E-state index contributed by atoms with van der Waals surface area (Å²) in [6.45, 7) is 1.60. The molecule has 1 saturated carbocycles. The third kappa shape index (κ3) is 2.37. The molecular formula is C16H20N2O6. The van der Waals surface area contributed by atoms with Crippen molar-refractivity contribution in [3.63, 3.8) is 0 Å². The van der Waals surface area contributed by atoms with Gasteiger partial charge in [0.25, 0.3) is 5.56 Å². The van der Waals surface area contributed by atoms with E-state index in [-0.39, 0.29) is 0 Å². The van der Waals surface area contributed by atoms with Crippen molar-refractivity contribution in [3.05, 3.63) is 32.6 Å². The van der Waals surface area contributed by atoms with Crippen molar-refractivity contribution >= 4 is 6.29 Å². The summed E-state index contributed by atoms with van der Waals surface area (Å²) in [7, 11) is 0. The molecule has 1 aromatic rings. The SMILES string of the molecule is Cc1cn([C@@H]2O[C@H](C=O)C3OC4(CCCCC4)OC32)c(=O)[nH]c1=O. The number of hydrogen-bond donors (Lipinski definition) is 1. The minimum absolute atomic E-state index is 0.385. The second-order valence-electron chi connectivity index (χ2n) is 6.74. The lowest BCUT2D eigenvalue weighted by Gasteiger charge is -2.33. The lowest BCUT2D eigenvalue weighted by atomic mass is 9.94. The Morgan fingerprint density at radius 2 is 1.92 bits per heavy atom. The molecule has 2 saturated heterocycles. The highest BCUT2D eigenvalue weighted by atomic mass is 16.8. The highest BCUT2D eigenvalue weighted by Gasteiger charge is 2.59. The van der Waals surface area contributed by atoms with Gasteiger partial charge in [0, 0.05) is 24.6 Å². The molecule has 2 unspecified atom stereocenters. The quantitative estimate of drug-likeness (QED) is 0.784. The molecule has 130 valence electrons. The van der Waals surface area contributed by atoms with Crippen LogP contribution in [0.25, 0.3) is 0 Å². The smallest absolute Gasteiger partial charge is 0.330 e. The van der Waals surface area contributed by atoms with E-state index >= 15 is 0 Å². The molecule has 24 heavy (non-hydrogen) atoms. The van der Waals surface area contributed by atoms with Crippen LogP contribution in [0, 0.1) is 6.92 Å². The maximum absolute atomic E-state index is 12.2. The van der Waals surface area contributed by atoms with Gasteiger partial charge in [-0.3, -0.25) is 14.3 Å². The zero-order valence-electron chi connectivity index (χ0n) is 13.4. The number of ether oxygens (including phenoxy) is 3. The van der Waals surface area contributed by atoms with Gasteiger partial charge in [-0.25, -0.2) is 4.79 Å². The van der Waals surface area contributed by atoms with E-state index in [1.54, 1.807) is 6.92 Å². The largest absolute Gasteiger partial charge is 0.341 e. The average Bonchev–Trinajstić information content (AvgIpc) is 3.07. The summed E-state index contributed by atoms with van der Waals surface area (Å²) in [6.07, 6.45) is 4.15. The molecule has 2 aliphatic heterocycles. The van der Waals surface area contributed by atoms with E-state index < -0.39 is 41.6 Å². The summed E-state index contributed by atoms with van der Waals surface area (Å²) < 4.78 is 19.3. The lowest BCUT2D eigenvalue weighted by Crippen LogP contribution is -2.39. The second kappa shape index (κ2) is 5.65. The molecule has 4 atom stereocenters. The number of aldehydes is 1. The first-order valence-corrected chi connectivity index (χ1v) is 8.31. The van der Waals surface area contributed by atoms with Crippen LogP contribution in [0.2, 0.25) is 0 Å². The van der Waals surface area contributed by atoms with Gasteiger partial charge in [-0.1, -0.05) is 6.42 Å². The number of carbonyl (C=O) groups excluding carboxylic acids is 1. The first kappa shape index (κ1) is 15.7. The molecular weight excluding hydrogens is 316 g/mol. The van der Waals surface area contributed by atoms with Gasteiger partial charge in [-0.2, -0.15) is 0 Å². The number of aromatic amines is 1. The van der Waals surface area contributed by atoms with E-state index in [9.17, 15) is 14.4 Å². The van der Waals surface area contributed by atoms with Crippen LogP contribution >= 0.6 is 0 Å². The van der Waals surface area contributed by atoms with Crippen LogP contribution in [0.1, 0.15) is 43.9 Å². The second-order valence-corrected chi connectivity index (χ2v) is 6.74. The number of nitrogens with one attached hydrogen (secondary N) is 1. The molecule has 0 aromatic carbocycles. The normalized spacial score (nSPS) is 34.4. The average molecular weight is 336 g/mol. The van der Waals surface area contributed by atoms with E-state index in [2.05, 4.69) is 4.98 Å². The molecule has 8 nitrogen and oxygen atoms in total. The first-order valence-electron chi connectivity index (χ1n) is 8.31. The fourth-order valence-corrected chi connectivity index (χ4v) is 3.88. The van der Waals surface area contributed by atoms with Gasteiger partial charge < -0.3 is 19.0 Å². The molecule has 0 radical (unpaired) electrons. The molecule has 3 fully saturated rings. The Bertz CT molecular complexity index is 763. The lowest BCUT2D eigenvalue weighted by molar-refractivity contribution is -0.228. The van der Waals surface area contributed by atoms with Crippen molar-refractivity contribution in [3.8, 4) is 0 Å². The van der Waals surface area contributed by atoms with Crippen molar-refractivity contribution in [2.45, 2.75) is 69.4 Å². The van der Waals surface area contributed by atoms with Crippen molar-refractivity contribution in [2.24, 2.45) is 0 Å². The molecule has 3 aliphatic rings. The Morgan fingerprint density at radius 3 is 2.62 bits per heavy atom.